The summed E-state index contributed by atoms with van der Waals surface area (Å²) in [6.45, 7) is 4.44. The fourth-order valence-electron chi connectivity index (χ4n) is 2.26. The van der Waals surface area contributed by atoms with E-state index in [-0.39, 0.29) is 17.8 Å². The summed E-state index contributed by atoms with van der Waals surface area (Å²) in [7, 11) is 1.55. The highest BCUT2D eigenvalue weighted by molar-refractivity contribution is 7.99. The molecule has 0 heterocycles. The van der Waals surface area contributed by atoms with Crippen LogP contribution in [0.3, 0.4) is 0 Å². The lowest BCUT2D eigenvalue weighted by atomic mass is 10.2. The third-order valence-corrected chi connectivity index (χ3v) is 4.58. The quantitative estimate of drug-likeness (QED) is 0.515. The van der Waals surface area contributed by atoms with E-state index in [0.29, 0.717) is 23.6 Å². The van der Waals surface area contributed by atoms with Gasteiger partial charge in [0.2, 0.25) is 0 Å². The smallest absolute Gasteiger partial charge is 0.251 e. The monoisotopic (exact) mass is 377 g/mol. The lowest BCUT2D eigenvalue weighted by Gasteiger charge is -2.14. The van der Waals surface area contributed by atoms with Crippen molar-refractivity contribution in [3.63, 3.8) is 0 Å². The highest BCUT2D eigenvalue weighted by Crippen LogP contribution is 2.29. The molecule has 1 N–H and O–H groups in total. The number of methoxy groups -OCH3 is 1. The number of hydrogen-bond acceptors (Lipinski definition) is 4. The van der Waals surface area contributed by atoms with E-state index >= 15 is 0 Å². The van der Waals surface area contributed by atoms with Crippen molar-refractivity contribution in [3.8, 4) is 11.5 Å². The normalized spacial score (nSPS) is 10.7. The van der Waals surface area contributed by atoms with E-state index in [1.54, 1.807) is 49.2 Å². The van der Waals surface area contributed by atoms with Crippen LogP contribution in [0.5, 0.6) is 11.5 Å². The van der Waals surface area contributed by atoms with Gasteiger partial charge >= 0.3 is 0 Å². The zero-order valence-corrected chi connectivity index (χ0v) is 16.1. The van der Waals surface area contributed by atoms with E-state index in [9.17, 15) is 9.18 Å². The number of hydrogen-bond donors (Lipinski definition) is 1. The number of rotatable bonds is 9. The van der Waals surface area contributed by atoms with E-state index in [0.717, 1.165) is 17.1 Å². The second kappa shape index (κ2) is 10.1. The summed E-state index contributed by atoms with van der Waals surface area (Å²) in [5, 5.41) is 2.90. The SMILES string of the molecule is COc1cc(C(=O)NCCCSc2ccc(F)cc2)ccc1OC(C)C. The van der Waals surface area contributed by atoms with Crippen LogP contribution in [0.1, 0.15) is 30.6 Å². The molecule has 2 rings (SSSR count). The van der Waals surface area contributed by atoms with Crippen LogP contribution in [0, 0.1) is 5.82 Å². The number of nitrogens with one attached hydrogen (secondary N) is 1. The molecule has 2 aromatic carbocycles. The van der Waals surface area contributed by atoms with Crippen molar-refractivity contribution < 1.29 is 18.7 Å². The van der Waals surface area contributed by atoms with Gasteiger partial charge in [-0.2, -0.15) is 0 Å². The summed E-state index contributed by atoms with van der Waals surface area (Å²) in [5.74, 6) is 1.62. The maximum Gasteiger partial charge on any atom is 0.251 e. The zero-order valence-electron chi connectivity index (χ0n) is 15.3. The van der Waals surface area contributed by atoms with Crippen LogP contribution in [0.15, 0.2) is 47.4 Å². The summed E-state index contributed by atoms with van der Waals surface area (Å²) >= 11 is 1.64. The van der Waals surface area contributed by atoms with Gasteiger partial charge in [0.25, 0.3) is 5.91 Å². The summed E-state index contributed by atoms with van der Waals surface area (Å²) in [5.41, 5.74) is 0.532. The Labute approximate surface area is 158 Å². The van der Waals surface area contributed by atoms with Gasteiger partial charge in [0, 0.05) is 17.0 Å². The molecule has 0 aliphatic rings. The summed E-state index contributed by atoms with van der Waals surface area (Å²) < 4.78 is 23.8. The lowest BCUT2D eigenvalue weighted by Crippen LogP contribution is -2.24. The number of amides is 1. The van der Waals surface area contributed by atoms with Crippen molar-refractivity contribution >= 4 is 17.7 Å². The Bertz CT molecular complexity index is 719. The minimum Gasteiger partial charge on any atom is -0.493 e. The first kappa shape index (κ1) is 20.1. The first-order chi connectivity index (χ1) is 12.5. The molecule has 0 unspecified atom stereocenters. The minimum absolute atomic E-state index is 0.0298. The van der Waals surface area contributed by atoms with Crippen LogP contribution < -0.4 is 14.8 Å². The molecule has 0 aliphatic carbocycles. The molecule has 0 fully saturated rings. The van der Waals surface area contributed by atoms with E-state index < -0.39 is 0 Å². The number of benzene rings is 2. The van der Waals surface area contributed by atoms with Gasteiger partial charge in [0.1, 0.15) is 5.82 Å². The molecule has 0 aliphatic heterocycles. The van der Waals surface area contributed by atoms with E-state index in [1.807, 2.05) is 13.8 Å². The molecule has 1 amide bonds. The third kappa shape index (κ3) is 6.26. The number of ether oxygens (including phenoxy) is 2. The van der Waals surface area contributed by atoms with E-state index in [4.69, 9.17) is 9.47 Å². The van der Waals surface area contributed by atoms with Crippen LogP contribution in [-0.4, -0.2) is 31.4 Å². The average Bonchev–Trinajstić information content (AvgIpc) is 2.62. The first-order valence-corrected chi connectivity index (χ1v) is 9.49. The van der Waals surface area contributed by atoms with Crippen LogP contribution >= 0.6 is 11.8 Å². The van der Waals surface area contributed by atoms with E-state index in [2.05, 4.69) is 5.32 Å². The second-order valence-corrected chi connectivity index (χ2v) is 7.11. The minimum atomic E-state index is -0.234. The molecule has 6 heteroatoms. The topological polar surface area (TPSA) is 47.6 Å². The molecule has 26 heavy (non-hydrogen) atoms. The fourth-order valence-corrected chi connectivity index (χ4v) is 3.11. The Morgan fingerprint density at radius 3 is 2.54 bits per heavy atom. The van der Waals surface area contributed by atoms with Gasteiger partial charge in [-0.1, -0.05) is 0 Å². The largest absolute Gasteiger partial charge is 0.493 e. The van der Waals surface area contributed by atoms with Crippen molar-refractivity contribution in [3.05, 3.63) is 53.8 Å². The molecular weight excluding hydrogens is 353 g/mol. The number of carbonyl (C=O) groups excluding carboxylic acids is 1. The predicted molar refractivity (Wildman–Crippen MR) is 103 cm³/mol. The van der Waals surface area contributed by atoms with Crippen molar-refractivity contribution in [2.45, 2.75) is 31.3 Å². The molecule has 140 valence electrons. The van der Waals surface area contributed by atoms with Gasteiger partial charge in [-0.25, -0.2) is 4.39 Å². The van der Waals surface area contributed by atoms with Crippen molar-refractivity contribution in [2.75, 3.05) is 19.4 Å². The van der Waals surface area contributed by atoms with Crippen molar-refractivity contribution in [1.29, 1.82) is 0 Å². The predicted octanol–water partition coefficient (Wildman–Crippen LogP) is 4.53. The second-order valence-electron chi connectivity index (χ2n) is 5.94. The van der Waals surface area contributed by atoms with Crippen LogP contribution in [-0.2, 0) is 0 Å². The van der Waals surface area contributed by atoms with Gasteiger partial charge in [-0.15, -0.1) is 11.8 Å². The number of thioether (sulfide) groups is 1. The average molecular weight is 377 g/mol. The molecule has 0 atom stereocenters. The Kier molecular flexibility index (Phi) is 7.78. The summed E-state index contributed by atoms with van der Waals surface area (Å²) in [6, 6.07) is 11.6. The van der Waals surface area contributed by atoms with Crippen LogP contribution in [0.2, 0.25) is 0 Å². The van der Waals surface area contributed by atoms with Crippen molar-refractivity contribution in [2.24, 2.45) is 0 Å². The third-order valence-electron chi connectivity index (χ3n) is 3.48. The zero-order chi connectivity index (χ0) is 18.9. The Morgan fingerprint density at radius 1 is 1.15 bits per heavy atom. The molecule has 0 saturated carbocycles. The maximum atomic E-state index is 12.8. The van der Waals surface area contributed by atoms with Gasteiger partial charge in [-0.3, -0.25) is 4.79 Å². The highest BCUT2D eigenvalue weighted by Gasteiger charge is 2.11. The number of halogens is 1. The Hall–Kier alpha value is -2.21. The van der Waals surface area contributed by atoms with Gasteiger partial charge in [-0.05, 0) is 68.5 Å². The highest BCUT2D eigenvalue weighted by atomic mass is 32.2. The summed E-state index contributed by atoms with van der Waals surface area (Å²) in [6.07, 6.45) is 0.849. The van der Waals surface area contributed by atoms with Crippen LogP contribution in [0.4, 0.5) is 4.39 Å². The Morgan fingerprint density at radius 2 is 1.88 bits per heavy atom. The van der Waals surface area contributed by atoms with Gasteiger partial charge < -0.3 is 14.8 Å². The van der Waals surface area contributed by atoms with E-state index in [1.165, 1.54) is 12.1 Å². The summed E-state index contributed by atoms with van der Waals surface area (Å²) in [4.78, 5) is 13.3. The number of carbonyl (C=O) groups is 1. The van der Waals surface area contributed by atoms with Crippen molar-refractivity contribution in [1.82, 2.24) is 5.32 Å². The molecule has 0 radical (unpaired) electrons. The lowest BCUT2D eigenvalue weighted by molar-refractivity contribution is 0.0953. The van der Waals surface area contributed by atoms with Gasteiger partial charge in [0.15, 0.2) is 11.5 Å². The van der Waals surface area contributed by atoms with Gasteiger partial charge in [0.05, 0.1) is 13.2 Å². The standard InChI is InChI=1S/C20H24FNO3S/c1-14(2)25-18-10-5-15(13-19(18)24-3)20(23)22-11-4-12-26-17-8-6-16(21)7-9-17/h5-10,13-14H,4,11-12H2,1-3H3,(H,22,23). The molecule has 0 bridgehead atoms. The molecule has 0 spiro atoms. The fraction of sp³-hybridized carbons (Fsp3) is 0.350. The Balaban J connectivity index is 1.79. The molecule has 0 saturated heterocycles. The molecule has 4 nitrogen and oxygen atoms in total. The molecule has 0 aromatic heterocycles. The molecule has 2 aromatic rings. The first-order valence-electron chi connectivity index (χ1n) is 8.51. The maximum absolute atomic E-state index is 12.8. The molecular formula is C20H24FNO3S. The van der Waals surface area contributed by atoms with Crippen LogP contribution in [0.25, 0.3) is 0 Å².